The minimum absolute atomic E-state index is 0.0189. The number of hydrogen-bond acceptors (Lipinski definition) is 5. The topological polar surface area (TPSA) is 116 Å². The highest BCUT2D eigenvalue weighted by molar-refractivity contribution is 7.89. The maximum atomic E-state index is 12.2. The molecule has 2 aromatic rings. The molecular weight excluding hydrogens is 356 g/mol. The average molecular weight is 376 g/mol. The Morgan fingerprint density at radius 1 is 1.15 bits per heavy atom. The maximum absolute atomic E-state index is 12.2. The molecule has 0 heterocycles. The van der Waals surface area contributed by atoms with E-state index in [9.17, 15) is 18.0 Å². The third kappa shape index (κ3) is 5.40. The molecule has 0 spiro atoms. The molecule has 26 heavy (non-hydrogen) atoms. The summed E-state index contributed by atoms with van der Waals surface area (Å²) in [6.07, 6.45) is -0.793. The van der Waals surface area contributed by atoms with Crippen LogP contribution in [0.5, 0.6) is 5.75 Å². The molecular formula is C18H20N2O5S. The monoisotopic (exact) mass is 376 g/mol. The number of ether oxygens (including phenoxy) is 1. The third-order valence-corrected chi connectivity index (χ3v) is 4.53. The van der Waals surface area contributed by atoms with E-state index in [1.165, 1.54) is 19.1 Å². The summed E-state index contributed by atoms with van der Waals surface area (Å²) in [7, 11) is -3.80. The number of Topliss-reactive ketones (excluding diaryl/α,β-unsaturated/α-hetero) is 1. The summed E-state index contributed by atoms with van der Waals surface area (Å²) < 4.78 is 28.3. The Kier molecular flexibility index (Phi) is 6.12. The lowest BCUT2D eigenvalue weighted by molar-refractivity contribution is -0.127. The molecule has 0 fully saturated rings. The van der Waals surface area contributed by atoms with Gasteiger partial charge in [-0.25, -0.2) is 13.6 Å². The molecule has 1 atom stereocenters. The van der Waals surface area contributed by atoms with Crippen molar-refractivity contribution in [1.29, 1.82) is 0 Å². The Balaban J connectivity index is 1.97. The molecule has 2 rings (SSSR count). The van der Waals surface area contributed by atoms with E-state index in [-0.39, 0.29) is 23.1 Å². The van der Waals surface area contributed by atoms with Gasteiger partial charge in [0, 0.05) is 12.1 Å². The van der Waals surface area contributed by atoms with Gasteiger partial charge in [0.1, 0.15) is 5.75 Å². The van der Waals surface area contributed by atoms with Crippen LogP contribution >= 0.6 is 0 Å². The lowest BCUT2D eigenvalue weighted by atomic mass is 10.1. The van der Waals surface area contributed by atoms with E-state index in [1.54, 1.807) is 43.3 Å². The SMILES string of the molecule is CC(=O)c1cccc(OC(C)C(=O)NCc2cccc(S(N)(=O)=O)c2)c1. The maximum Gasteiger partial charge on any atom is 0.261 e. The van der Waals surface area contributed by atoms with Gasteiger partial charge in [0.2, 0.25) is 10.0 Å². The quantitative estimate of drug-likeness (QED) is 0.713. The molecule has 8 heteroatoms. The van der Waals surface area contributed by atoms with Crippen molar-refractivity contribution in [2.45, 2.75) is 31.4 Å². The molecule has 0 aliphatic rings. The Bertz CT molecular complexity index is 925. The smallest absolute Gasteiger partial charge is 0.261 e. The summed E-state index contributed by atoms with van der Waals surface area (Å²) in [6.45, 7) is 3.16. The molecule has 1 unspecified atom stereocenters. The molecule has 0 aliphatic heterocycles. The van der Waals surface area contributed by atoms with Crippen molar-refractivity contribution < 1.29 is 22.7 Å². The fourth-order valence-electron chi connectivity index (χ4n) is 2.21. The van der Waals surface area contributed by atoms with E-state index >= 15 is 0 Å². The molecule has 0 saturated carbocycles. The number of nitrogens with one attached hydrogen (secondary N) is 1. The van der Waals surface area contributed by atoms with Crippen LogP contribution < -0.4 is 15.2 Å². The van der Waals surface area contributed by atoms with Gasteiger partial charge in [-0.3, -0.25) is 9.59 Å². The number of sulfonamides is 1. The average Bonchev–Trinajstić information content (AvgIpc) is 2.59. The first-order valence-corrected chi connectivity index (χ1v) is 9.38. The minimum atomic E-state index is -3.80. The van der Waals surface area contributed by atoms with Crippen molar-refractivity contribution in [2.75, 3.05) is 0 Å². The second-order valence-electron chi connectivity index (χ2n) is 5.75. The molecule has 0 saturated heterocycles. The van der Waals surface area contributed by atoms with Crippen LogP contribution in [0.1, 0.15) is 29.8 Å². The van der Waals surface area contributed by atoms with E-state index in [1.807, 2.05) is 0 Å². The van der Waals surface area contributed by atoms with Crippen molar-refractivity contribution in [2.24, 2.45) is 5.14 Å². The number of primary sulfonamides is 1. The molecule has 0 bridgehead atoms. The molecule has 2 aromatic carbocycles. The highest BCUT2D eigenvalue weighted by Crippen LogP contribution is 2.15. The Morgan fingerprint density at radius 2 is 1.85 bits per heavy atom. The van der Waals surface area contributed by atoms with E-state index in [0.717, 1.165) is 0 Å². The van der Waals surface area contributed by atoms with Crippen LogP contribution in [-0.4, -0.2) is 26.2 Å². The predicted molar refractivity (Wildman–Crippen MR) is 96.2 cm³/mol. The second kappa shape index (κ2) is 8.11. The van der Waals surface area contributed by atoms with Gasteiger partial charge >= 0.3 is 0 Å². The van der Waals surface area contributed by atoms with Crippen molar-refractivity contribution in [1.82, 2.24) is 5.32 Å². The van der Waals surface area contributed by atoms with Gasteiger partial charge in [-0.1, -0.05) is 24.3 Å². The van der Waals surface area contributed by atoms with Gasteiger partial charge in [0.05, 0.1) is 4.90 Å². The van der Waals surface area contributed by atoms with Gasteiger partial charge in [0.15, 0.2) is 11.9 Å². The predicted octanol–water partition coefficient (Wildman–Crippen LogP) is 1.62. The van der Waals surface area contributed by atoms with E-state index < -0.39 is 16.1 Å². The Labute approximate surface area is 152 Å². The third-order valence-electron chi connectivity index (χ3n) is 3.62. The molecule has 3 N–H and O–H groups in total. The molecule has 7 nitrogen and oxygen atoms in total. The number of nitrogens with two attached hydrogens (primary N) is 1. The minimum Gasteiger partial charge on any atom is -0.481 e. The van der Waals surface area contributed by atoms with E-state index in [2.05, 4.69) is 5.32 Å². The van der Waals surface area contributed by atoms with E-state index in [0.29, 0.717) is 16.9 Å². The van der Waals surface area contributed by atoms with Crippen molar-refractivity contribution in [3.63, 3.8) is 0 Å². The summed E-state index contributed by atoms with van der Waals surface area (Å²) in [5.41, 5.74) is 1.09. The fraction of sp³-hybridized carbons (Fsp3) is 0.222. The fourth-order valence-corrected chi connectivity index (χ4v) is 2.80. The summed E-state index contributed by atoms with van der Waals surface area (Å²) in [5.74, 6) is -0.0573. The first-order valence-electron chi connectivity index (χ1n) is 7.84. The van der Waals surface area contributed by atoms with Crippen molar-refractivity contribution >= 4 is 21.7 Å². The molecule has 138 valence electrons. The van der Waals surface area contributed by atoms with Gasteiger partial charge in [-0.15, -0.1) is 0 Å². The highest BCUT2D eigenvalue weighted by atomic mass is 32.2. The number of hydrogen-bond donors (Lipinski definition) is 2. The first kappa shape index (κ1) is 19.6. The van der Waals surface area contributed by atoms with Gasteiger partial charge in [-0.2, -0.15) is 0 Å². The van der Waals surface area contributed by atoms with Gasteiger partial charge in [0.25, 0.3) is 5.91 Å². The van der Waals surface area contributed by atoms with Crippen LogP contribution in [0.25, 0.3) is 0 Å². The second-order valence-corrected chi connectivity index (χ2v) is 7.32. The van der Waals surface area contributed by atoms with Crippen LogP contribution in [0, 0.1) is 0 Å². The molecule has 0 radical (unpaired) electrons. The standard InChI is InChI=1S/C18H20N2O5S/c1-12(21)15-6-4-7-16(10-15)25-13(2)18(22)20-11-14-5-3-8-17(9-14)26(19,23)24/h3-10,13H,11H2,1-2H3,(H,20,22)(H2,19,23,24). The number of carbonyl (C=O) groups excluding carboxylic acids is 2. The van der Waals surface area contributed by atoms with Crippen LogP contribution in [0.2, 0.25) is 0 Å². The lowest BCUT2D eigenvalue weighted by Gasteiger charge is -2.15. The van der Waals surface area contributed by atoms with Crippen LogP contribution in [0.15, 0.2) is 53.4 Å². The van der Waals surface area contributed by atoms with Crippen LogP contribution in [0.3, 0.4) is 0 Å². The zero-order valence-corrected chi connectivity index (χ0v) is 15.2. The van der Waals surface area contributed by atoms with Gasteiger partial charge < -0.3 is 10.1 Å². The number of rotatable bonds is 7. The Morgan fingerprint density at radius 3 is 2.50 bits per heavy atom. The molecule has 1 amide bonds. The number of carbonyl (C=O) groups is 2. The highest BCUT2D eigenvalue weighted by Gasteiger charge is 2.15. The summed E-state index contributed by atoms with van der Waals surface area (Å²) in [6, 6.07) is 12.6. The van der Waals surface area contributed by atoms with Crippen LogP contribution in [0.4, 0.5) is 0 Å². The summed E-state index contributed by atoms with van der Waals surface area (Å²) >= 11 is 0. The normalized spacial score (nSPS) is 12.3. The zero-order valence-electron chi connectivity index (χ0n) is 14.4. The molecule has 0 aliphatic carbocycles. The number of benzene rings is 2. The van der Waals surface area contributed by atoms with Gasteiger partial charge in [-0.05, 0) is 43.7 Å². The Hall–Kier alpha value is -2.71. The number of ketones is 1. The van der Waals surface area contributed by atoms with Crippen molar-refractivity contribution in [3.05, 3.63) is 59.7 Å². The summed E-state index contributed by atoms with van der Waals surface area (Å²) in [4.78, 5) is 23.5. The molecule has 0 aromatic heterocycles. The van der Waals surface area contributed by atoms with Crippen LogP contribution in [-0.2, 0) is 21.4 Å². The lowest BCUT2D eigenvalue weighted by Crippen LogP contribution is -2.36. The zero-order chi connectivity index (χ0) is 19.3. The largest absolute Gasteiger partial charge is 0.481 e. The summed E-state index contributed by atoms with van der Waals surface area (Å²) in [5, 5.41) is 7.76. The van der Waals surface area contributed by atoms with E-state index in [4.69, 9.17) is 9.88 Å². The first-order chi connectivity index (χ1) is 12.2. The number of amides is 1. The van der Waals surface area contributed by atoms with Crippen molar-refractivity contribution in [3.8, 4) is 5.75 Å².